The molecule has 1 aliphatic carbocycles. The van der Waals surface area contributed by atoms with Gasteiger partial charge in [0.15, 0.2) is 0 Å². The molecule has 64 valence electrons. The molecule has 2 nitrogen and oxygen atoms in total. The van der Waals surface area contributed by atoms with Crippen LogP contribution in [0.5, 0.6) is 0 Å². The van der Waals surface area contributed by atoms with Gasteiger partial charge in [0.25, 0.3) is 0 Å². The molecule has 0 atom stereocenters. The smallest absolute Gasteiger partial charge is 0.129 e. The normalized spacial score (nSPS) is 16.8. The van der Waals surface area contributed by atoms with E-state index in [1.54, 1.807) is 6.92 Å². The summed E-state index contributed by atoms with van der Waals surface area (Å²) in [5, 5.41) is 0. The minimum Gasteiger partial charge on any atom is -0.381 e. The molecule has 0 aromatic carbocycles. The zero-order valence-corrected chi connectivity index (χ0v) is 7.14. The highest BCUT2D eigenvalue weighted by molar-refractivity contribution is 5.75. The number of carbonyl (C=O) groups excluding carboxylic acids is 1. The van der Waals surface area contributed by atoms with Crippen molar-refractivity contribution in [3.8, 4) is 0 Å². The minimum absolute atomic E-state index is 0.264. The highest BCUT2D eigenvalue weighted by Crippen LogP contribution is 2.28. The van der Waals surface area contributed by atoms with Crippen molar-refractivity contribution in [1.29, 1.82) is 0 Å². The molecule has 0 aromatic rings. The van der Waals surface area contributed by atoms with Gasteiger partial charge in [0.1, 0.15) is 5.78 Å². The molecule has 1 fully saturated rings. The van der Waals surface area contributed by atoms with Crippen LogP contribution in [0.3, 0.4) is 0 Å². The van der Waals surface area contributed by atoms with Gasteiger partial charge in [-0.3, -0.25) is 0 Å². The van der Waals surface area contributed by atoms with Gasteiger partial charge in [-0.15, -0.1) is 0 Å². The molecule has 0 bridgehead atoms. The van der Waals surface area contributed by atoms with Crippen molar-refractivity contribution < 1.29 is 9.53 Å². The monoisotopic (exact) mass is 156 g/mol. The third-order valence-corrected chi connectivity index (χ3v) is 1.87. The molecule has 0 aliphatic heterocycles. The summed E-state index contributed by atoms with van der Waals surface area (Å²) in [6.45, 7) is 3.30. The predicted octanol–water partition coefficient (Wildman–Crippen LogP) is 1.78. The molecule has 1 rings (SSSR count). The summed E-state index contributed by atoms with van der Waals surface area (Å²) in [7, 11) is 0. The Balaban J connectivity index is 1.76. The second-order valence-electron chi connectivity index (χ2n) is 3.32. The molecule has 0 spiro atoms. The van der Waals surface area contributed by atoms with E-state index in [1.807, 2.05) is 0 Å². The van der Waals surface area contributed by atoms with Gasteiger partial charge in [-0.25, -0.2) is 0 Å². The quantitative estimate of drug-likeness (QED) is 0.548. The average Bonchev–Trinajstić information content (AvgIpc) is 2.70. The van der Waals surface area contributed by atoms with Crippen molar-refractivity contribution >= 4 is 5.78 Å². The van der Waals surface area contributed by atoms with E-state index in [-0.39, 0.29) is 5.78 Å². The average molecular weight is 156 g/mol. The molecule has 1 aliphatic rings. The lowest BCUT2D eigenvalue weighted by Gasteiger charge is -2.00. The minimum atomic E-state index is 0.264. The van der Waals surface area contributed by atoms with E-state index < -0.39 is 0 Å². The molecule has 0 saturated heterocycles. The van der Waals surface area contributed by atoms with Crippen LogP contribution in [0.15, 0.2) is 0 Å². The molecule has 0 unspecified atom stereocenters. The Morgan fingerprint density at radius 1 is 1.55 bits per heavy atom. The van der Waals surface area contributed by atoms with Crippen molar-refractivity contribution in [1.82, 2.24) is 0 Å². The fourth-order valence-corrected chi connectivity index (χ4v) is 0.958. The Morgan fingerprint density at radius 2 is 2.27 bits per heavy atom. The molecule has 0 heterocycles. The highest BCUT2D eigenvalue weighted by atomic mass is 16.5. The first-order valence-electron chi connectivity index (χ1n) is 4.36. The van der Waals surface area contributed by atoms with E-state index in [0.717, 1.165) is 25.6 Å². The van der Waals surface area contributed by atoms with Crippen LogP contribution >= 0.6 is 0 Å². The van der Waals surface area contributed by atoms with E-state index >= 15 is 0 Å². The van der Waals surface area contributed by atoms with Crippen LogP contribution in [0.4, 0.5) is 0 Å². The summed E-state index contributed by atoms with van der Waals surface area (Å²) >= 11 is 0. The molecule has 0 amide bonds. The lowest BCUT2D eigenvalue weighted by atomic mass is 10.2. The molecule has 2 heteroatoms. The summed E-state index contributed by atoms with van der Waals surface area (Å²) in [6, 6.07) is 0. The maximum Gasteiger partial charge on any atom is 0.129 e. The van der Waals surface area contributed by atoms with Crippen LogP contribution in [-0.2, 0) is 9.53 Å². The van der Waals surface area contributed by atoms with Gasteiger partial charge < -0.3 is 9.53 Å². The maximum atomic E-state index is 10.5. The number of ether oxygens (including phenoxy) is 1. The van der Waals surface area contributed by atoms with Gasteiger partial charge in [-0.2, -0.15) is 0 Å². The van der Waals surface area contributed by atoms with E-state index in [1.165, 1.54) is 12.8 Å². The second kappa shape index (κ2) is 4.50. The Hall–Kier alpha value is -0.370. The first-order chi connectivity index (χ1) is 5.29. The number of carbonyl (C=O) groups is 1. The summed E-state index contributed by atoms with van der Waals surface area (Å²) < 4.78 is 5.36. The van der Waals surface area contributed by atoms with Crippen molar-refractivity contribution in [3.63, 3.8) is 0 Å². The van der Waals surface area contributed by atoms with Gasteiger partial charge in [0, 0.05) is 19.6 Å². The fourth-order valence-electron chi connectivity index (χ4n) is 0.958. The topological polar surface area (TPSA) is 26.3 Å². The van der Waals surface area contributed by atoms with E-state index in [4.69, 9.17) is 4.74 Å². The third-order valence-electron chi connectivity index (χ3n) is 1.87. The first-order valence-corrected chi connectivity index (χ1v) is 4.36. The Morgan fingerprint density at radius 3 is 2.82 bits per heavy atom. The predicted molar refractivity (Wildman–Crippen MR) is 43.5 cm³/mol. The van der Waals surface area contributed by atoms with Gasteiger partial charge >= 0.3 is 0 Å². The largest absolute Gasteiger partial charge is 0.381 e. The van der Waals surface area contributed by atoms with Crippen molar-refractivity contribution in [2.24, 2.45) is 5.92 Å². The van der Waals surface area contributed by atoms with Crippen LogP contribution in [-0.4, -0.2) is 19.0 Å². The van der Waals surface area contributed by atoms with Crippen molar-refractivity contribution in [2.45, 2.75) is 32.6 Å². The van der Waals surface area contributed by atoms with Gasteiger partial charge in [-0.1, -0.05) is 0 Å². The standard InChI is InChI=1S/C9H16O2/c1-8(10)3-2-6-11-7-9-4-5-9/h9H,2-7H2,1H3. The van der Waals surface area contributed by atoms with Crippen LogP contribution in [0.2, 0.25) is 0 Å². The lowest BCUT2D eigenvalue weighted by Crippen LogP contribution is -2.00. The summed E-state index contributed by atoms with van der Waals surface area (Å²) in [5.41, 5.74) is 0. The van der Waals surface area contributed by atoms with E-state index in [9.17, 15) is 4.79 Å². The molecule has 0 N–H and O–H groups in total. The van der Waals surface area contributed by atoms with Crippen LogP contribution < -0.4 is 0 Å². The molecule has 1 saturated carbocycles. The third kappa shape index (κ3) is 4.96. The Kier molecular flexibility index (Phi) is 3.57. The van der Waals surface area contributed by atoms with Crippen molar-refractivity contribution in [2.75, 3.05) is 13.2 Å². The Labute approximate surface area is 67.9 Å². The maximum absolute atomic E-state index is 10.5. The molecule has 0 radical (unpaired) electrons. The highest BCUT2D eigenvalue weighted by Gasteiger charge is 2.20. The fraction of sp³-hybridized carbons (Fsp3) is 0.889. The Bertz CT molecular complexity index is 128. The SMILES string of the molecule is CC(=O)CCCOCC1CC1. The zero-order valence-electron chi connectivity index (χ0n) is 7.14. The van der Waals surface area contributed by atoms with Crippen LogP contribution in [0, 0.1) is 5.92 Å². The zero-order chi connectivity index (χ0) is 8.10. The molecular formula is C9H16O2. The number of hydrogen-bond donors (Lipinski definition) is 0. The number of rotatable bonds is 6. The second-order valence-corrected chi connectivity index (χ2v) is 3.32. The summed E-state index contributed by atoms with van der Waals surface area (Å²) in [6.07, 6.45) is 4.24. The van der Waals surface area contributed by atoms with Crippen LogP contribution in [0.1, 0.15) is 32.6 Å². The lowest BCUT2D eigenvalue weighted by molar-refractivity contribution is -0.117. The van der Waals surface area contributed by atoms with Gasteiger partial charge in [-0.05, 0) is 32.1 Å². The molecular weight excluding hydrogens is 140 g/mol. The van der Waals surface area contributed by atoms with Gasteiger partial charge in [0.2, 0.25) is 0 Å². The first kappa shape index (κ1) is 8.72. The number of Topliss-reactive ketones (excluding diaryl/α,β-unsaturated/α-hetero) is 1. The van der Waals surface area contributed by atoms with Gasteiger partial charge in [0.05, 0.1) is 0 Å². The number of ketones is 1. The van der Waals surface area contributed by atoms with Crippen LogP contribution in [0.25, 0.3) is 0 Å². The van der Waals surface area contributed by atoms with Crippen molar-refractivity contribution in [3.05, 3.63) is 0 Å². The van der Waals surface area contributed by atoms with E-state index in [2.05, 4.69) is 0 Å². The molecule has 0 aromatic heterocycles. The number of hydrogen-bond acceptors (Lipinski definition) is 2. The van der Waals surface area contributed by atoms with E-state index in [0.29, 0.717) is 6.42 Å². The summed E-state index contributed by atoms with van der Waals surface area (Å²) in [5.74, 6) is 1.10. The summed E-state index contributed by atoms with van der Waals surface area (Å²) in [4.78, 5) is 10.5. The molecule has 11 heavy (non-hydrogen) atoms.